The second-order valence-electron chi connectivity index (χ2n) is 5.74. The summed E-state index contributed by atoms with van der Waals surface area (Å²) in [5.74, 6) is -0.754. The number of alkyl halides is 1. The summed E-state index contributed by atoms with van der Waals surface area (Å²) in [4.78, 5) is 35.6. The van der Waals surface area contributed by atoms with Gasteiger partial charge in [-0.1, -0.05) is 36.4 Å². The van der Waals surface area contributed by atoms with E-state index in [9.17, 15) is 14.4 Å². The number of amides is 2. The SMILES string of the molecule is CC(I)NCC(=O)NCC(=O)N[C@@H](CCCCN)C(=O)C(C)C. The minimum atomic E-state index is -0.515. The van der Waals surface area contributed by atoms with Crippen molar-refractivity contribution in [1.82, 2.24) is 16.0 Å². The van der Waals surface area contributed by atoms with Crippen LogP contribution in [0.2, 0.25) is 0 Å². The Morgan fingerprint density at radius 3 is 2.22 bits per heavy atom. The Morgan fingerprint density at radius 1 is 1.04 bits per heavy atom. The largest absolute Gasteiger partial charge is 0.346 e. The molecule has 8 heteroatoms. The first-order chi connectivity index (χ1) is 10.8. The van der Waals surface area contributed by atoms with Crippen molar-refractivity contribution < 1.29 is 14.4 Å². The smallest absolute Gasteiger partial charge is 0.239 e. The lowest BCUT2D eigenvalue weighted by Gasteiger charge is -2.19. The molecule has 0 aliphatic heterocycles. The van der Waals surface area contributed by atoms with Crippen LogP contribution in [0.5, 0.6) is 0 Å². The Labute approximate surface area is 152 Å². The Balaban J connectivity index is 4.30. The molecule has 1 unspecified atom stereocenters. The number of unbranched alkanes of at least 4 members (excludes halogenated alkanes) is 1. The maximum absolute atomic E-state index is 12.1. The highest BCUT2D eigenvalue weighted by Gasteiger charge is 2.22. The van der Waals surface area contributed by atoms with E-state index in [1.54, 1.807) is 0 Å². The number of carbonyl (C=O) groups excluding carboxylic acids is 3. The minimum Gasteiger partial charge on any atom is -0.346 e. The number of ketones is 1. The van der Waals surface area contributed by atoms with Crippen molar-refractivity contribution in [3.05, 3.63) is 0 Å². The molecule has 2 amide bonds. The van der Waals surface area contributed by atoms with Crippen molar-refractivity contribution in [1.29, 1.82) is 0 Å². The molecule has 0 spiro atoms. The van der Waals surface area contributed by atoms with Crippen LogP contribution in [0.15, 0.2) is 0 Å². The molecule has 7 nitrogen and oxygen atoms in total. The van der Waals surface area contributed by atoms with Gasteiger partial charge in [0.05, 0.1) is 23.2 Å². The second kappa shape index (κ2) is 12.7. The van der Waals surface area contributed by atoms with Gasteiger partial charge in [-0.2, -0.15) is 0 Å². The number of rotatable bonds is 12. The first-order valence-corrected chi connectivity index (χ1v) is 9.19. The van der Waals surface area contributed by atoms with Crippen LogP contribution in [-0.2, 0) is 14.4 Å². The maximum atomic E-state index is 12.1. The number of nitrogens with two attached hydrogens (primary N) is 1. The Bertz CT molecular complexity index is 389. The zero-order valence-corrected chi connectivity index (χ0v) is 16.3. The molecule has 0 aliphatic carbocycles. The molecule has 0 aromatic carbocycles. The number of hydrogen-bond acceptors (Lipinski definition) is 5. The Kier molecular flexibility index (Phi) is 12.2. The highest BCUT2D eigenvalue weighted by atomic mass is 127. The molecule has 0 bridgehead atoms. The number of hydrogen-bond donors (Lipinski definition) is 4. The van der Waals surface area contributed by atoms with Gasteiger partial charge >= 0.3 is 0 Å². The highest BCUT2D eigenvalue weighted by molar-refractivity contribution is 14.1. The molecule has 0 aromatic heterocycles. The lowest BCUT2D eigenvalue weighted by molar-refractivity contribution is -0.130. The molecule has 0 radical (unpaired) electrons. The summed E-state index contributed by atoms with van der Waals surface area (Å²) in [5.41, 5.74) is 5.46. The van der Waals surface area contributed by atoms with E-state index < -0.39 is 6.04 Å². The molecule has 23 heavy (non-hydrogen) atoms. The van der Waals surface area contributed by atoms with Crippen LogP contribution in [0, 0.1) is 5.92 Å². The van der Waals surface area contributed by atoms with Gasteiger partial charge in [0.2, 0.25) is 11.8 Å². The van der Waals surface area contributed by atoms with Crippen molar-refractivity contribution in [2.75, 3.05) is 19.6 Å². The van der Waals surface area contributed by atoms with Crippen LogP contribution in [0.25, 0.3) is 0 Å². The summed E-state index contributed by atoms with van der Waals surface area (Å²) >= 11 is 2.15. The summed E-state index contributed by atoms with van der Waals surface area (Å²) in [5, 5.41) is 8.20. The van der Waals surface area contributed by atoms with Gasteiger partial charge in [0.25, 0.3) is 0 Å². The van der Waals surface area contributed by atoms with Crippen molar-refractivity contribution >= 4 is 40.2 Å². The van der Waals surface area contributed by atoms with E-state index in [1.807, 2.05) is 20.8 Å². The average molecular weight is 440 g/mol. The zero-order valence-electron chi connectivity index (χ0n) is 14.2. The molecule has 5 N–H and O–H groups in total. The van der Waals surface area contributed by atoms with Gasteiger partial charge in [0.1, 0.15) is 0 Å². The predicted molar refractivity (Wildman–Crippen MR) is 99.2 cm³/mol. The topological polar surface area (TPSA) is 113 Å². The van der Waals surface area contributed by atoms with Gasteiger partial charge in [-0.15, -0.1) is 0 Å². The van der Waals surface area contributed by atoms with Crippen molar-refractivity contribution in [3.8, 4) is 0 Å². The summed E-state index contributed by atoms with van der Waals surface area (Å²) < 4.78 is 0.169. The molecular weight excluding hydrogens is 411 g/mol. The van der Waals surface area contributed by atoms with Crippen molar-refractivity contribution in [2.45, 2.75) is 50.1 Å². The molecule has 0 fully saturated rings. The fourth-order valence-corrected chi connectivity index (χ4v) is 2.12. The number of halogens is 1. The van der Waals surface area contributed by atoms with E-state index in [2.05, 4.69) is 38.5 Å². The van der Waals surface area contributed by atoms with Crippen LogP contribution >= 0.6 is 22.6 Å². The fourth-order valence-electron chi connectivity index (χ4n) is 1.90. The van der Waals surface area contributed by atoms with E-state index in [1.165, 1.54) is 0 Å². The van der Waals surface area contributed by atoms with Gasteiger partial charge in [0.15, 0.2) is 5.78 Å². The molecule has 0 aromatic rings. The van der Waals surface area contributed by atoms with E-state index in [0.29, 0.717) is 13.0 Å². The summed E-state index contributed by atoms with van der Waals surface area (Å²) in [6, 6.07) is -0.515. The minimum absolute atomic E-state index is 0.00195. The van der Waals surface area contributed by atoms with Crippen molar-refractivity contribution in [3.63, 3.8) is 0 Å². The average Bonchev–Trinajstić information content (AvgIpc) is 2.49. The first kappa shape index (κ1) is 22.3. The van der Waals surface area contributed by atoms with E-state index in [0.717, 1.165) is 12.8 Å². The fraction of sp³-hybridized carbons (Fsp3) is 0.800. The van der Waals surface area contributed by atoms with E-state index in [4.69, 9.17) is 5.73 Å². The molecule has 0 aliphatic rings. The maximum Gasteiger partial charge on any atom is 0.239 e. The molecule has 0 saturated heterocycles. The lowest BCUT2D eigenvalue weighted by Crippen LogP contribution is -2.47. The molecule has 134 valence electrons. The monoisotopic (exact) mass is 440 g/mol. The number of nitrogens with one attached hydrogen (secondary N) is 3. The third-order valence-corrected chi connectivity index (χ3v) is 3.63. The third-order valence-electron chi connectivity index (χ3n) is 3.18. The quantitative estimate of drug-likeness (QED) is 0.151. The molecule has 0 rings (SSSR count). The van der Waals surface area contributed by atoms with Gasteiger partial charge in [-0.25, -0.2) is 0 Å². The standard InChI is InChI=1S/C15H29IN4O3/c1-10(2)15(23)12(6-4-5-7-17)20-14(22)9-19-13(21)8-18-11(3)16/h10-12,18H,4-9,17H2,1-3H3,(H,19,21)(H,20,22)/t11?,12-/m0/s1. The van der Waals surface area contributed by atoms with Gasteiger partial charge in [0, 0.05) is 5.92 Å². The van der Waals surface area contributed by atoms with Crippen LogP contribution in [-0.4, -0.2) is 47.3 Å². The van der Waals surface area contributed by atoms with Crippen LogP contribution in [0.4, 0.5) is 0 Å². The summed E-state index contributed by atoms with van der Waals surface area (Å²) in [7, 11) is 0. The summed E-state index contributed by atoms with van der Waals surface area (Å²) in [6.07, 6.45) is 2.17. The molecular formula is C15H29IN4O3. The molecule has 0 saturated carbocycles. The van der Waals surface area contributed by atoms with Gasteiger partial charge in [-0.3, -0.25) is 19.7 Å². The molecule has 0 heterocycles. The predicted octanol–water partition coefficient (Wildman–Crippen LogP) is 0.312. The third kappa shape index (κ3) is 11.4. The normalized spacial score (nSPS) is 13.5. The first-order valence-electron chi connectivity index (χ1n) is 7.95. The number of Topliss-reactive ketones (excluding diaryl/α,β-unsaturated/α-hetero) is 1. The molecule has 2 atom stereocenters. The Hall–Kier alpha value is -0.740. The van der Waals surface area contributed by atoms with Gasteiger partial charge < -0.3 is 16.4 Å². The van der Waals surface area contributed by atoms with E-state index in [-0.39, 0.29) is 40.7 Å². The lowest BCUT2D eigenvalue weighted by atomic mass is 9.97. The summed E-state index contributed by atoms with van der Waals surface area (Å²) in [6.45, 7) is 6.13. The van der Waals surface area contributed by atoms with Crippen LogP contribution in [0.1, 0.15) is 40.0 Å². The highest BCUT2D eigenvalue weighted by Crippen LogP contribution is 2.07. The number of carbonyl (C=O) groups is 3. The zero-order chi connectivity index (χ0) is 17.8. The van der Waals surface area contributed by atoms with Crippen LogP contribution < -0.4 is 21.7 Å². The van der Waals surface area contributed by atoms with Gasteiger partial charge in [-0.05, 0) is 32.7 Å². The second-order valence-corrected chi connectivity index (χ2v) is 7.60. The Morgan fingerprint density at radius 2 is 1.70 bits per heavy atom. The van der Waals surface area contributed by atoms with Crippen molar-refractivity contribution in [2.24, 2.45) is 11.7 Å². The van der Waals surface area contributed by atoms with Crippen LogP contribution in [0.3, 0.4) is 0 Å². The van der Waals surface area contributed by atoms with E-state index >= 15 is 0 Å².